The third-order valence-electron chi connectivity index (χ3n) is 3.70. The molecule has 0 amide bonds. The summed E-state index contributed by atoms with van der Waals surface area (Å²) in [5.74, 6) is 0. The van der Waals surface area contributed by atoms with Gasteiger partial charge in [0.2, 0.25) is 0 Å². The Morgan fingerprint density at radius 1 is 0.571 bits per heavy atom. The predicted octanol–water partition coefficient (Wildman–Crippen LogP) is 4.61. The highest BCUT2D eigenvalue weighted by Gasteiger charge is 2.35. The molecule has 0 atom stereocenters. The molecule has 8 nitrogen and oxygen atoms in total. The molecule has 0 aliphatic carbocycles. The lowest BCUT2D eigenvalue weighted by atomic mass is 10.4. The molecule has 0 aromatic rings. The largest absolute Gasteiger partial charge is 0.345 e. The third kappa shape index (κ3) is 10.3. The van der Waals surface area contributed by atoms with Gasteiger partial charge in [-0.1, -0.05) is 0 Å². The van der Waals surface area contributed by atoms with Crippen LogP contribution in [0.25, 0.3) is 0 Å². The Morgan fingerprint density at radius 3 is 0.964 bits per heavy atom. The van der Waals surface area contributed by atoms with E-state index in [0.717, 1.165) is 0 Å². The van der Waals surface area contributed by atoms with Crippen LogP contribution in [0.15, 0.2) is 0 Å². The van der Waals surface area contributed by atoms with Crippen molar-refractivity contribution in [3.8, 4) is 0 Å². The quantitative estimate of drug-likeness (QED) is 0.406. The highest BCUT2D eigenvalue weighted by molar-refractivity contribution is 7.54. The lowest BCUT2D eigenvalue weighted by molar-refractivity contribution is 0.101. The Labute approximate surface area is 171 Å². The first kappa shape index (κ1) is 26.3. The van der Waals surface area contributed by atoms with Gasteiger partial charge in [-0.05, 0) is 55.4 Å². The zero-order chi connectivity index (χ0) is 21.5. The fourth-order valence-corrected chi connectivity index (χ4v) is 7.51. The van der Waals surface area contributed by atoms with Gasteiger partial charge in [0, 0.05) is 26.2 Å². The van der Waals surface area contributed by atoms with Crippen LogP contribution in [-0.4, -0.2) is 73.0 Å². The maximum absolute atomic E-state index is 13.1. The van der Waals surface area contributed by atoms with E-state index < -0.39 is 15.2 Å². The number of nitrogens with zero attached hydrogens (tertiary/aromatic N) is 2. The smallest absolute Gasteiger partial charge is 0.305 e. The molecule has 0 N–H and O–H groups in total. The van der Waals surface area contributed by atoms with Gasteiger partial charge in [0.25, 0.3) is 0 Å². The zero-order valence-corrected chi connectivity index (χ0v) is 20.6. The molecule has 1 rings (SSSR count). The molecule has 1 heterocycles. The first-order valence-electron chi connectivity index (χ1n) is 10.2. The summed E-state index contributed by atoms with van der Waals surface area (Å²) in [5, 5.41) is 0. The van der Waals surface area contributed by atoms with E-state index in [4.69, 9.17) is 18.1 Å². The molecule has 0 radical (unpaired) electrons. The van der Waals surface area contributed by atoms with Crippen LogP contribution < -0.4 is 0 Å². The van der Waals surface area contributed by atoms with Crippen molar-refractivity contribution in [1.29, 1.82) is 0 Å². The highest BCUT2D eigenvalue weighted by Crippen LogP contribution is 2.52. The Bertz CT molecular complexity index is 472. The van der Waals surface area contributed by atoms with Gasteiger partial charge in [-0.15, -0.1) is 0 Å². The van der Waals surface area contributed by atoms with Gasteiger partial charge in [0.15, 0.2) is 0 Å². The Kier molecular flexibility index (Phi) is 10.8. The van der Waals surface area contributed by atoms with E-state index in [1.165, 1.54) is 0 Å². The average Bonchev–Trinajstić information content (AvgIpc) is 2.45. The second kappa shape index (κ2) is 11.6. The molecule has 1 fully saturated rings. The molecular weight excluding hydrogens is 402 g/mol. The molecular formula is C18H40N2O6P2. The van der Waals surface area contributed by atoms with Crippen molar-refractivity contribution < 1.29 is 27.2 Å². The van der Waals surface area contributed by atoms with Crippen LogP contribution >= 0.6 is 15.2 Å². The Morgan fingerprint density at radius 2 is 0.786 bits per heavy atom. The van der Waals surface area contributed by atoms with E-state index >= 15 is 0 Å². The van der Waals surface area contributed by atoms with E-state index in [2.05, 4.69) is 9.80 Å². The topological polar surface area (TPSA) is 77.5 Å². The van der Waals surface area contributed by atoms with E-state index in [1.54, 1.807) is 0 Å². The van der Waals surface area contributed by atoms with Gasteiger partial charge < -0.3 is 18.1 Å². The summed E-state index contributed by atoms with van der Waals surface area (Å²) in [7, 11) is -6.39. The van der Waals surface area contributed by atoms with Crippen LogP contribution in [0.1, 0.15) is 55.4 Å². The first-order valence-corrected chi connectivity index (χ1v) is 13.6. The van der Waals surface area contributed by atoms with Crippen molar-refractivity contribution in [3.63, 3.8) is 0 Å². The molecule has 0 aromatic carbocycles. The Balaban J connectivity index is 2.65. The zero-order valence-electron chi connectivity index (χ0n) is 18.8. The molecule has 0 unspecified atom stereocenters. The van der Waals surface area contributed by atoms with Crippen LogP contribution in [0.2, 0.25) is 0 Å². The standard InChI is InChI=1S/C18H40N2O6P2/c1-15(2)23-27(21,24-16(3)4)13-19-9-11-20(12-10-19)14-28(22,25-17(5)6)26-18(7)8/h15-18H,9-14H2,1-8H3. The number of rotatable bonds is 12. The number of piperazine rings is 1. The summed E-state index contributed by atoms with van der Waals surface area (Å²) in [5.41, 5.74) is 0. The minimum Gasteiger partial charge on any atom is -0.305 e. The summed E-state index contributed by atoms with van der Waals surface area (Å²) in [6, 6.07) is 0. The van der Waals surface area contributed by atoms with Crippen LogP contribution in [0, 0.1) is 0 Å². The van der Waals surface area contributed by atoms with Gasteiger partial charge in [-0.2, -0.15) is 0 Å². The second-order valence-electron chi connectivity index (χ2n) is 8.36. The van der Waals surface area contributed by atoms with Crippen molar-refractivity contribution in [1.82, 2.24) is 9.80 Å². The lowest BCUT2D eigenvalue weighted by Gasteiger charge is -2.37. The average molecular weight is 442 g/mol. The molecule has 1 aliphatic heterocycles. The highest BCUT2D eigenvalue weighted by atomic mass is 31.2. The van der Waals surface area contributed by atoms with Crippen LogP contribution in [0.5, 0.6) is 0 Å². The van der Waals surface area contributed by atoms with E-state index in [9.17, 15) is 9.13 Å². The molecule has 0 aromatic heterocycles. The van der Waals surface area contributed by atoms with Crippen LogP contribution in [0.4, 0.5) is 0 Å². The molecule has 10 heteroatoms. The summed E-state index contributed by atoms with van der Waals surface area (Å²) < 4.78 is 48.7. The van der Waals surface area contributed by atoms with E-state index in [-0.39, 0.29) is 37.0 Å². The molecule has 28 heavy (non-hydrogen) atoms. The summed E-state index contributed by atoms with van der Waals surface area (Å²) in [4.78, 5) is 4.17. The van der Waals surface area contributed by atoms with Crippen LogP contribution in [-0.2, 0) is 27.2 Å². The van der Waals surface area contributed by atoms with Gasteiger partial charge in [0.05, 0.1) is 24.4 Å². The van der Waals surface area contributed by atoms with Crippen molar-refractivity contribution in [2.45, 2.75) is 79.8 Å². The van der Waals surface area contributed by atoms with Gasteiger partial charge in [0.1, 0.15) is 12.6 Å². The second-order valence-corrected chi connectivity index (χ2v) is 12.2. The van der Waals surface area contributed by atoms with Crippen molar-refractivity contribution >= 4 is 15.2 Å². The SMILES string of the molecule is CC(C)OP(=O)(CN1CCN(CP(=O)(OC(C)C)OC(C)C)CC1)OC(C)C. The molecule has 168 valence electrons. The van der Waals surface area contributed by atoms with Gasteiger partial charge in [-0.25, -0.2) is 0 Å². The van der Waals surface area contributed by atoms with Crippen molar-refractivity contribution in [2.75, 3.05) is 38.8 Å². The fourth-order valence-electron chi connectivity index (χ4n) is 3.03. The lowest BCUT2D eigenvalue weighted by Crippen LogP contribution is -2.47. The van der Waals surface area contributed by atoms with Crippen molar-refractivity contribution in [3.05, 3.63) is 0 Å². The van der Waals surface area contributed by atoms with Crippen molar-refractivity contribution in [2.24, 2.45) is 0 Å². The Hall–Kier alpha value is 0.220. The molecule has 0 saturated carbocycles. The minimum atomic E-state index is -3.20. The molecule has 0 bridgehead atoms. The fraction of sp³-hybridized carbons (Fsp3) is 1.00. The summed E-state index contributed by atoms with van der Waals surface area (Å²) >= 11 is 0. The maximum Gasteiger partial charge on any atom is 0.345 e. The third-order valence-corrected chi connectivity index (χ3v) is 8.16. The predicted molar refractivity (Wildman–Crippen MR) is 113 cm³/mol. The monoisotopic (exact) mass is 442 g/mol. The first-order chi connectivity index (χ1) is 12.8. The van der Waals surface area contributed by atoms with Crippen LogP contribution in [0.3, 0.4) is 0 Å². The number of hydrogen-bond donors (Lipinski definition) is 0. The van der Waals surface area contributed by atoms with E-state index in [1.807, 2.05) is 55.4 Å². The summed E-state index contributed by atoms with van der Waals surface area (Å²) in [6.45, 7) is 17.6. The van der Waals surface area contributed by atoms with Gasteiger partial charge in [-0.3, -0.25) is 18.9 Å². The maximum atomic E-state index is 13.1. The number of hydrogen-bond acceptors (Lipinski definition) is 8. The normalized spacial score (nSPS) is 18.1. The van der Waals surface area contributed by atoms with E-state index in [0.29, 0.717) is 26.2 Å². The minimum absolute atomic E-state index is 0.168. The van der Waals surface area contributed by atoms with Gasteiger partial charge >= 0.3 is 15.2 Å². The molecule has 0 spiro atoms. The molecule has 1 saturated heterocycles. The summed E-state index contributed by atoms with van der Waals surface area (Å²) in [6.07, 6.45) is -0.146. The molecule has 1 aliphatic rings.